The molecule has 3 rings (SSSR count). The zero-order chi connectivity index (χ0) is 19.1. The van der Waals surface area contributed by atoms with Gasteiger partial charge in [0, 0.05) is 57.1 Å². The van der Waals surface area contributed by atoms with Crippen LogP contribution in [0.2, 0.25) is 0 Å². The standard InChI is InChI=1S/C20H36N4O3/c21-9-6-18(25)22-16-17-5-1-4-10-24(17)19(26)15-20(7-2-3-8-20)23-11-13-27-14-12-23/h17H,1-16,21H2,(H,22,25). The van der Waals surface area contributed by atoms with Crippen LogP contribution in [-0.2, 0) is 14.3 Å². The van der Waals surface area contributed by atoms with E-state index in [1.54, 1.807) is 0 Å². The molecule has 3 N–H and O–H groups in total. The molecule has 2 saturated heterocycles. The van der Waals surface area contributed by atoms with Crippen LogP contribution < -0.4 is 11.1 Å². The van der Waals surface area contributed by atoms with Crippen molar-refractivity contribution in [3.05, 3.63) is 0 Å². The fraction of sp³-hybridized carbons (Fsp3) is 0.900. The molecule has 3 fully saturated rings. The highest BCUT2D eigenvalue weighted by Gasteiger charge is 2.43. The van der Waals surface area contributed by atoms with Crippen LogP contribution in [0, 0.1) is 0 Å². The largest absolute Gasteiger partial charge is 0.379 e. The zero-order valence-electron chi connectivity index (χ0n) is 16.6. The Morgan fingerprint density at radius 2 is 1.81 bits per heavy atom. The summed E-state index contributed by atoms with van der Waals surface area (Å²) in [6, 6.07) is 0.121. The summed E-state index contributed by atoms with van der Waals surface area (Å²) in [4.78, 5) is 29.7. The second kappa shape index (κ2) is 9.85. The fourth-order valence-corrected chi connectivity index (χ4v) is 5.05. The van der Waals surface area contributed by atoms with E-state index < -0.39 is 0 Å². The third kappa shape index (κ3) is 5.21. The molecule has 7 heteroatoms. The van der Waals surface area contributed by atoms with E-state index in [1.807, 2.05) is 4.90 Å². The number of amides is 2. The first-order valence-electron chi connectivity index (χ1n) is 10.7. The predicted octanol–water partition coefficient (Wildman–Crippen LogP) is 0.868. The van der Waals surface area contributed by atoms with Gasteiger partial charge in [0.1, 0.15) is 0 Å². The Labute approximate surface area is 163 Å². The molecule has 0 aromatic rings. The Hall–Kier alpha value is -1.18. The monoisotopic (exact) mass is 380 g/mol. The highest BCUT2D eigenvalue weighted by molar-refractivity contribution is 5.78. The molecule has 2 heterocycles. The smallest absolute Gasteiger partial charge is 0.224 e. The summed E-state index contributed by atoms with van der Waals surface area (Å²) < 4.78 is 5.53. The average Bonchev–Trinajstić information content (AvgIpc) is 3.17. The van der Waals surface area contributed by atoms with Crippen LogP contribution in [0.5, 0.6) is 0 Å². The van der Waals surface area contributed by atoms with E-state index in [1.165, 1.54) is 12.8 Å². The van der Waals surface area contributed by atoms with Crippen molar-refractivity contribution in [2.24, 2.45) is 5.73 Å². The van der Waals surface area contributed by atoms with Crippen LogP contribution in [0.4, 0.5) is 0 Å². The van der Waals surface area contributed by atoms with Crippen molar-refractivity contribution in [3.8, 4) is 0 Å². The molecule has 1 aliphatic carbocycles. The molecule has 0 aromatic carbocycles. The van der Waals surface area contributed by atoms with E-state index in [0.717, 1.165) is 65.0 Å². The summed E-state index contributed by atoms with van der Waals surface area (Å²) in [6.45, 7) is 5.15. The molecule has 0 bridgehead atoms. The lowest BCUT2D eigenvalue weighted by Crippen LogP contribution is -2.56. The highest BCUT2D eigenvalue weighted by atomic mass is 16.5. The second-order valence-electron chi connectivity index (χ2n) is 8.29. The summed E-state index contributed by atoms with van der Waals surface area (Å²) in [7, 11) is 0. The van der Waals surface area contributed by atoms with Gasteiger partial charge in [-0.05, 0) is 32.1 Å². The number of nitrogens with zero attached hydrogens (tertiary/aromatic N) is 2. The van der Waals surface area contributed by atoms with Gasteiger partial charge in [0.2, 0.25) is 11.8 Å². The topological polar surface area (TPSA) is 87.9 Å². The molecule has 0 radical (unpaired) electrons. The number of hydrogen-bond acceptors (Lipinski definition) is 5. The first-order chi connectivity index (χ1) is 13.1. The van der Waals surface area contributed by atoms with Gasteiger partial charge < -0.3 is 20.7 Å². The first-order valence-corrected chi connectivity index (χ1v) is 10.7. The number of likely N-dealkylation sites (tertiary alicyclic amines) is 1. The van der Waals surface area contributed by atoms with Gasteiger partial charge in [0.25, 0.3) is 0 Å². The number of ether oxygens (including phenoxy) is 1. The molecule has 0 spiro atoms. The molecule has 1 unspecified atom stereocenters. The minimum atomic E-state index is -0.0175. The Morgan fingerprint density at radius 3 is 2.52 bits per heavy atom. The molecule has 7 nitrogen and oxygen atoms in total. The lowest BCUT2D eigenvalue weighted by atomic mass is 9.88. The molecule has 154 valence electrons. The maximum absolute atomic E-state index is 13.3. The molecule has 3 aliphatic rings. The highest BCUT2D eigenvalue weighted by Crippen LogP contribution is 2.39. The minimum Gasteiger partial charge on any atom is -0.379 e. The quantitative estimate of drug-likeness (QED) is 0.684. The van der Waals surface area contributed by atoms with Gasteiger partial charge in [0.15, 0.2) is 0 Å². The normalized spacial score (nSPS) is 26.1. The zero-order valence-corrected chi connectivity index (χ0v) is 16.6. The van der Waals surface area contributed by atoms with Crippen molar-refractivity contribution in [2.75, 3.05) is 45.9 Å². The van der Waals surface area contributed by atoms with Crippen LogP contribution in [0.1, 0.15) is 57.8 Å². The number of carbonyl (C=O) groups is 2. The lowest BCUT2D eigenvalue weighted by molar-refractivity contribution is -0.139. The van der Waals surface area contributed by atoms with Crippen LogP contribution in [-0.4, -0.2) is 79.1 Å². The van der Waals surface area contributed by atoms with E-state index in [2.05, 4.69) is 10.2 Å². The third-order valence-electron chi connectivity index (χ3n) is 6.55. The van der Waals surface area contributed by atoms with Crippen molar-refractivity contribution in [2.45, 2.75) is 69.4 Å². The summed E-state index contributed by atoms with van der Waals surface area (Å²) in [5.41, 5.74) is 5.47. The van der Waals surface area contributed by atoms with Gasteiger partial charge in [-0.1, -0.05) is 12.8 Å². The van der Waals surface area contributed by atoms with Crippen LogP contribution in [0.15, 0.2) is 0 Å². The number of carbonyl (C=O) groups excluding carboxylic acids is 2. The molecule has 2 aliphatic heterocycles. The lowest BCUT2D eigenvalue weighted by Gasteiger charge is -2.45. The Morgan fingerprint density at radius 1 is 1.07 bits per heavy atom. The van der Waals surface area contributed by atoms with E-state index in [4.69, 9.17) is 10.5 Å². The third-order valence-corrected chi connectivity index (χ3v) is 6.55. The Kier molecular flexibility index (Phi) is 7.49. The maximum Gasteiger partial charge on any atom is 0.224 e. The van der Waals surface area contributed by atoms with Crippen LogP contribution in [0.25, 0.3) is 0 Å². The van der Waals surface area contributed by atoms with Gasteiger partial charge in [-0.2, -0.15) is 0 Å². The Bertz CT molecular complexity index is 501. The number of hydrogen-bond donors (Lipinski definition) is 2. The number of nitrogens with two attached hydrogens (primary N) is 1. The Balaban J connectivity index is 1.61. The summed E-state index contributed by atoms with van der Waals surface area (Å²) in [6.07, 6.45) is 8.76. The molecular weight excluding hydrogens is 344 g/mol. The van der Waals surface area contributed by atoms with E-state index in [-0.39, 0.29) is 23.4 Å². The van der Waals surface area contributed by atoms with Gasteiger partial charge in [0.05, 0.1) is 13.2 Å². The summed E-state index contributed by atoms with van der Waals surface area (Å²) in [5, 5.41) is 2.96. The van der Waals surface area contributed by atoms with Crippen molar-refractivity contribution in [1.82, 2.24) is 15.1 Å². The summed E-state index contributed by atoms with van der Waals surface area (Å²) in [5.74, 6) is 0.247. The maximum atomic E-state index is 13.3. The van der Waals surface area contributed by atoms with Crippen LogP contribution in [0.3, 0.4) is 0 Å². The number of nitrogens with one attached hydrogen (secondary N) is 1. The van der Waals surface area contributed by atoms with Crippen LogP contribution >= 0.6 is 0 Å². The first kappa shape index (κ1) is 20.6. The average molecular weight is 381 g/mol. The van der Waals surface area contributed by atoms with Crippen molar-refractivity contribution in [3.63, 3.8) is 0 Å². The van der Waals surface area contributed by atoms with Crippen molar-refractivity contribution < 1.29 is 14.3 Å². The van der Waals surface area contributed by atoms with Gasteiger partial charge in [-0.25, -0.2) is 0 Å². The molecule has 0 aromatic heterocycles. The van der Waals surface area contributed by atoms with E-state index in [0.29, 0.717) is 25.9 Å². The second-order valence-corrected chi connectivity index (χ2v) is 8.29. The van der Waals surface area contributed by atoms with E-state index in [9.17, 15) is 9.59 Å². The molecule has 1 saturated carbocycles. The van der Waals surface area contributed by atoms with Gasteiger partial charge in [-0.3, -0.25) is 14.5 Å². The number of piperidine rings is 1. The predicted molar refractivity (Wildman–Crippen MR) is 104 cm³/mol. The fourth-order valence-electron chi connectivity index (χ4n) is 5.05. The molecular formula is C20H36N4O3. The molecule has 27 heavy (non-hydrogen) atoms. The molecule has 2 amide bonds. The van der Waals surface area contributed by atoms with Crippen molar-refractivity contribution in [1.29, 1.82) is 0 Å². The molecule has 1 atom stereocenters. The van der Waals surface area contributed by atoms with Crippen molar-refractivity contribution >= 4 is 11.8 Å². The van der Waals surface area contributed by atoms with Gasteiger partial charge >= 0.3 is 0 Å². The minimum absolute atomic E-state index is 0.0175. The number of morpholine rings is 1. The number of rotatable bonds is 7. The summed E-state index contributed by atoms with van der Waals surface area (Å²) >= 11 is 0. The van der Waals surface area contributed by atoms with E-state index >= 15 is 0 Å². The SMILES string of the molecule is NCCC(=O)NCC1CCCCN1C(=O)CC1(N2CCOCC2)CCCC1. The van der Waals surface area contributed by atoms with Gasteiger partial charge in [-0.15, -0.1) is 0 Å².